The highest BCUT2D eigenvalue weighted by molar-refractivity contribution is 6.42. The van der Waals surface area contributed by atoms with Gasteiger partial charge in [-0.1, -0.05) is 77.8 Å². The predicted octanol–water partition coefficient (Wildman–Crippen LogP) is 6.64. The maximum Gasteiger partial charge on any atom is 0.253 e. The van der Waals surface area contributed by atoms with E-state index in [1.807, 2.05) is 85.9 Å². The molecule has 7 heteroatoms. The Bertz CT molecular complexity index is 1120. The zero-order chi connectivity index (χ0) is 24.8. The van der Waals surface area contributed by atoms with Gasteiger partial charge in [0.25, 0.3) is 5.91 Å². The lowest BCUT2D eigenvalue weighted by Gasteiger charge is -2.39. The molecule has 36 heavy (non-hydrogen) atoms. The molecule has 1 aliphatic heterocycles. The first-order valence-corrected chi connectivity index (χ1v) is 12.9. The van der Waals surface area contributed by atoms with Crippen LogP contribution in [0.4, 0.5) is 0 Å². The first-order valence-electron chi connectivity index (χ1n) is 12.1. The monoisotopic (exact) mass is 546 g/mol. The van der Waals surface area contributed by atoms with E-state index in [0.717, 1.165) is 37.2 Å². The Morgan fingerprint density at radius 3 is 2.19 bits per heavy atom. The summed E-state index contributed by atoms with van der Waals surface area (Å²) in [7, 11) is 1.85. The molecule has 0 aromatic heterocycles. The van der Waals surface area contributed by atoms with Gasteiger partial charge in [-0.05, 0) is 61.2 Å². The number of likely N-dealkylation sites (N-methyl/N-ethyl adjacent to an activating group) is 1. The molecule has 4 rings (SSSR count). The third-order valence-corrected chi connectivity index (χ3v) is 7.80. The average molecular weight is 548 g/mol. The van der Waals surface area contributed by atoms with E-state index < -0.39 is 5.60 Å². The highest BCUT2D eigenvalue weighted by atomic mass is 35.5. The van der Waals surface area contributed by atoms with Gasteiger partial charge in [0.1, 0.15) is 0 Å². The number of halogens is 3. The van der Waals surface area contributed by atoms with Crippen LogP contribution in [-0.4, -0.2) is 54.0 Å². The second-order valence-corrected chi connectivity index (χ2v) is 10.3. The van der Waals surface area contributed by atoms with Crippen LogP contribution >= 0.6 is 35.6 Å². The summed E-state index contributed by atoms with van der Waals surface area (Å²) < 4.78 is 0. The van der Waals surface area contributed by atoms with Crippen LogP contribution in [0.25, 0.3) is 0 Å². The molecule has 1 atom stereocenters. The van der Waals surface area contributed by atoms with Crippen molar-refractivity contribution in [2.75, 3.05) is 33.2 Å². The van der Waals surface area contributed by atoms with Gasteiger partial charge in [0, 0.05) is 38.2 Å². The maximum absolute atomic E-state index is 13.0. The summed E-state index contributed by atoms with van der Waals surface area (Å²) in [6, 6.07) is 25.1. The number of hydrogen-bond acceptors (Lipinski definition) is 3. The molecule has 3 aromatic rings. The van der Waals surface area contributed by atoms with Crippen molar-refractivity contribution in [2.24, 2.45) is 0 Å². The lowest BCUT2D eigenvalue weighted by Crippen LogP contribution is -2.43. The summed E-state index contributed by atoms with van der Waals surface area (Å²) in [6.45, 7) is 3.12. The quantitative estimate of drug-likeness (QED) is 0.344. The van der Waals surface area contributed by atoms with Crippen molar-refractivity contribution in [1.29, 1.82) is 0 Å². The van der Waals surface area contributed by atoms with E-state index in [9.17, 15) is 9.90 Å². The van der Waals surface area contributed by atoms with E-state index in [1.165, 1.54) is 0 Å². The number of rotatable bonds is 8. The highest BCUT2D eigenvalue weighted by Crippen LogP contribution is 2.34. The van der Waals surface area contributed by atoms with Crippen LogP contribution in [-0.2, 0) is 5.60 Å². The first kappa shape index (κ1) is 28.5. The van der Waals surface area contributed by atoms with E-state index in [2.05, 4.69) is 4.90 Å². The van der Waals surface area contributed by atoms with Gasteiger partial charge in [-0.3, -0.25) is 4.79 Å². The minimum absolute atomic E-state index is 0. The van der Waals surface area contributed by atoms with Crippen LogP contribution < -0.4 is 0 Å². The minimum atomic E-state index is -0.761. The van der Waals surface area contributed by atoms with Gasteiger partial charge in [0.15, 0.2) is 0 Å². The van der Waals surface area contributed by atoms with Gasteiger partial charge in [0.05, 0.1) is 15.6 Å². The second-order valence-electron chi connectivity index (χ2n) is 9.45. The van der Waals surface area contributed by atoms with Crippen molar-refractivity contribution in [3.8, 4) is 0 Å². The number of piperidine rings is 1. The Morgan fingerprint density at radius 1 is 0.972 bits per heavy atom. The largest absolute Gasteiger partial charge is 0.385 e. The molecule has 0 spiro atoms. The van der Waals surface area contributed by atoms with Crippen LogP contribution in [0.2, 0.25) is 10.0 Å². The molecule has 0 aliphatic carbocycles. The van der Waals surface area contributed by atoms with Crippen LogP contribution in [0, 0.1) is 0 Å². The molecule has 1 N–H and O–H groups in total. The van der Waals surface area contributed by atoms with Crippen LogP contribution in [0.15, 0.2) is 78.9 Å². The molecule has 0 saturated carbocycles. The summed E-state index contributed by atoms with van der Waals surface area (Å²) >= 11 is 12.5. The van der Waals surface area contributed by atoms with E-state index in [-0.39, 0.29) is 24.2 Å². The molecule has 1 fully saturated rings. The van der Waals surface area contributed by atoms with E-state index in [4.69, 9.17) is 23.2 Å². The van der Waals surface area contributed by atoms with Gasteiger partial charge >= 0.3 is 0 Å². The molecule has 0 bridgehead atoms. The van der Waals surface area contributed by atoms with Crippen molar-refractivity contribution >= 4 is 41.5 Å². The minimum Gasteiger partial charge on any atom is -0.385 e. The average Bonchev–Trinajstić information content (AvgIpc) is 2.89. The highest BCUT2D eigenvalue weighted by Gasteiger charge is 2.34. The maximum atomic E-state index is 13.0. The summed E-state index contributed by atoms with van der Waals surface area (Å²) in [4.78, 5) is 17.2. The van der Waals surface area contributed by atoms with Crippen molar-refractivity contribution in [2.45, 2.75) is 30.8 Å². The summed E-state index contributed by atoms with van der Waals surface area (Å²) in [5.41, 5.74) is 1.99. The Hall–Kier alpha value is -2.08. The van der Waals surface area contributed by atoms with Gasteiger partial charge in [0.2, 0.25) is 0 Å². The number of amides is 1. The van der Waals surface area contributed by atoms with E-state index >= 15 is 0 Å². The van der Waals surface area contributed by atoms with Gasteiger partial charge < -0.3 is 14.9 Å². The fraction of sp³-hybridized carbons (Fsp3) is 0.345. The number of benzene rings is 3. The molecule has 0 radical (unpaired) electrons. The predicted molar refractivity (Wildman–Crippen MR) is 150 cm³/mol. The van der Waals surface area contributed by atoms with Crippen molar-refractivity contribution in [1.82, 2.24) is 9.80 Å². The SMILES string of the molecule is CN(CC(CCN1CCC(O)(c2ccccc2)CC1)c1ccc(Cl)c(Cl)c1)C(=O)c1ccccc1.Cl. The third-order valence-electron chi connectivity index (χ3n) is 7.06. The lowest BCUT2D eigenvalue weighted by molar-refractivity contribution is -0.0264. The lowest BCUT2D eigenvalue weighted by atomic mass is 9.84. The molecule has 1 aliphatic rings. The van der Waals surface area contributed by atoms with Gasteiger partial charge in [-0.15, -0.1) is 12.4 Å². The third kappa shape index (κ3) is 7.02. The first-order chi connectivity index (χ1) is 16.9. The number of hydrogen-bond donors (Lipinski definition) is 1. The van der Waals surface area contributed by atoms with Gasteiger partial charge in [-0.2, -0.15) is 0 Å². The van der Waals surface area contributed by atoms with Gasteiger partial charge in [-0.25, -0.2) is 0 Å². The second kappa shape index (κ2) is 12.9. The van der Waals surface area contributed by atoms with Crippen molar-refractivity contribution in [3.05, 3.63) is 106 Å². The van der Waals surface area contributed by atoms with Crippen LogP contribution in [0.5, 0.6) is 0 Å². The number of carbonyl (C=O) groups is 1. The Labute approximate surface area is 230 Å². The molecule has 1 saturated heterocycles. The molecule has 192 valence electrons. The number of likely N-dealkylation sites (tertiary alicyclic amines) is 1. The van der Waals surface area contributed by atoms with Crippen LogP contribution in [0.1, 0.15) is 46.7 Å². The molecule has 1 amide bonds. The topological polar surface area (TPSA) is 43.8 Å². The zero-order valence-corrected chi connectivity index (χ0v) is 22.8. The normalized spacial score (nSPS) is 16.1. The van der Waals surface area contributed by atoms with Crippen molar-refractivity contribution in [3.63, 3.8) is 0 Å². The standard InChI is InChI=1S/C29H32Cl2N2O2.ClH/c1-32(28(34)22-8-4-2-5-9-22)21-24(23-12-13-26(30)27(31)20-23)14-17-33-18-15-29(35,16-19-33)25-10-6-3-7-11-25;/h2-13,20,24,35H,14-19,21H2,1H3;1H. The van der Waals surface area contributed by atoms with E-state index in [1.54, 1.807) is 4.90 Å². The zero-order valence-electron chi connectivity index (χ0n) is 20.4. The molecular formula is C29H33Cl3N2O2. The van der Waals surface area contributed by atoms with Crippen molar-refractivity contribution < 1.29 is 9.90 Å². The Balaban J connectivity index is 0.00000361. The number of aliphatic hydroxyl groups is 1. The molecule has 1 heterocycles. The number of carbonyl (C=O) groups excluding carboxylic acids is 1. The fourth-order valence-corrected chi connectivity index (χ4v) is 5.17. The van der Waals surface area contributed by atoms with Crippen LogP contribution in [0.3, 0.4) is 0 Å². The molecular weight excluding hydrogens is 515 g/mol. The summed E-state index contributed by atoms with van der Waals surface area (Å²) in [6.07, 6.45) is 2.29. The summed E-state index contributed by atoms with van der Waals surface area (Å²) in [5.74, 6) is 0.110. The Kier molecular flexibility index (Phi) is 10.2. The fourth-order valence-electron chi connectivity index (χ4n) is 4.87. The molecule has 1 unspecified atom stereocenters. The molecule has 3 aromatic carbocycles. The van der Waals surface area contributed by atoms with E-state index in [0.29, 0.717) is 35.0 Å². The summed E-state index contributed by atoms with van der Waals surface area (Å²) in [5, 5.41) is 12.2. The Morgan fingerprint density at radius 2 is 1.58 bits per heavy atom. The molecule has 4 nitrogen and oxygen atoms in total. The number of nitrogens with zero attached hydrogens (tertiary/aromatic N) is 2. The smallest absolute Gasteiger partial charge is 0.253 e.